The third-order valence-corrected chi connectivity index (χ3v) is 8.75. The minimum Gasteiger partial charge on any atom is -0.354 e. The summed E-state index contributed by atoms with van der Waals surface area (Å²) in [6.07, 6.45) is 0.328. The number of carbonyl (C=O) groups excluding carboxylic acids is 2. The number of anilines is 1. The number of sulfonamides is 1. The zero-order valence-electron chi connectivity index (χ0n) is 23.1. The number of amides is 2. The Hall–Kier alpha value is -3.07. The highest BCUT2D eigenvalue weighted by molar-refractivity contribution is 7.92. The SMILES string of the molecule is CC[C@@H](C(=O)NCC(C)C)N(Cc1ccccc1Cl)C(=O)CN(c1cccc(C)c1)S(=O)(=O)c1ccc(Cl)cc1. The Balaban J connectivity index is 2.06. The van der Waals surface area contributed by atoms with Crippen LogP contribution in [0.4, 0.5) is 5.69 Å². The Morgan fingerprint density at radius 2 is 1.62 bits per heavy atom. The molecule has 10 heteroatoms. The summed E-state index contributed by atoms with van der Waals surface area (Å²) in [5.74, 6) is -0.625. The van der Waals surface area contributed by atoms with Gasteiger partial charge in [0.1, 0.15) is 12.6 Å². The van der Waals surface area contributed by atoms with Crippen LogP contribution in [0.3, 0.4) is 0 Å². The van der Waals surface area contributed by atoms with Crippen molar-refractivity contribution >= 4 is 50.7 Å². The van der Waals surface area contributed by atoms with Gasteiger partial charge in [0.05, 0.1) is 10.6 Å². The molecule has 0 bridgehead atoms. The highest BCUT2D eigenvalue weighted by Gasteiger charge is 2.34. The topological polar surface area (TPSA) is 86.8 Å². The first-order valence-corrected chi connectivity index (χ1v) is 15.3. The number of hydrogen-bond acceptors (Lipinski definition) is 4. The van der Waals surface area contributed by atoms with E-state index in [1.807, 2.05) is 33.8 Å². The van der Waals surface area contributed by atoms with Crippen LogP contribution >= 0.6 is 23.2 Å². The van der Waals surface area contributed by atoms with E-state index >= 15 is 0 Å². The summed E-state index contributed by atoms with van der Waals surface area (Å²) < 4.78 is 28.9. The molecule has 40 heavy (non-hydrogen) atoms. The molecule has 1 atom stereocenters. The lowest BCUT2D eigenvalue weighted by atomic mass is 10.1. The molecular weight excluding hydrogens is 569 g/mol. The Kier molecular flexibility index (Phi) is 11.0. The number of nitrogens with zero attached hydrogens (tertiary/aromatic N) is 2. The van der Waals surface area contributed by atoms with Crippen LogP contribution in [0.15, 0.2) is 77.7 Å². The van der Waals surface area contributed by atoms with Crippen molar-refractivity contribution in [1.82, 2.24) is 10.2 Å². The van der Waals surface area contributed by atoms with Crippen molar-refractivity contribution in [1.29, 1.82) is 0 Å². The summed E-state index contributed by atoms with van der Waals surface area (Å²) >= 11 is 12.4. The summed E-state index contributed by atoms with van der Waals surface area (Å²) in [5, 5.41) is 3.75. The van der Waals surface area contributed by atoms with Crippen molar-refractivity contribution < 1.29 is 18.0 Å². The first-order chi connectivity index (χ1) is 18.9. The van der Waals surface area contributed by atoms with Gasteiger partial charge in [-0.3, -0.25) is 13.9 Å². The average molecular weight is 605 g/mol. The molecule has 0 radical (unpaired) electrons. The van der Waals surface area contributed by atoms with Crippen LogP contribution in [0.2, 0.25) is 10.0 Å². The fourth-order valence-corrected chi connectivity index (χ4v) is 5.93. The Morgan fingerprint density at radius 1 is 0.950 bits per heavy atom. The molecule has 214 valence electrons. The second kappa shape index (κ2) is 14.0. The first kappa shape index (κ1) is 31.5. The standard InChI is InChI=1S/C30H35Cl2N3O4S/c1-5-28(30(37)33-18-21(2)3)34(19-23-10-6-7-12-27(23)32)29(36)20-35(25-11-8-9-22(4)17-25)40(38,39)26-15-13-24(31)14-16-26/h6-17,21,28H,5,18-20H2,1-4H3,(H,33,37)/t28-/m0/s1. The van der Waals surface area contributed by atoms with Gasteiger partial charge >= 0.3 is 0 Å². The van der Waals surface area contributed by atoms with Gasteiger partial charge < -0.3 is 10.2 Å². The molecule has 3 rings (SSSR count). The van der Waals surface area contributed by atoms with Crippen LogP contribution in [0.5, 0.6) is 0 Å². The van der Waals surface area contributed by atoms with Crippen LogP contribution in [0.25, 0.3) is 0 Å². The van der Waals surface area contributed by atoms with E-state index in [1.54, 1.807) is 42.5 Å². The van der Waals surface area contributed by atoms with Gasteiger partial charge in [-0.1, -0.05) is 74.3 Å². The maximum atomic E-state index is 14.1. The predicted molar refractivity (Wildman–Crippen MR) is 161 cm³/mol. The third-order valence-electron chi connectivity index (χ3n) is 6.34. The second-order valence-electron chi connectivity index (χ2n) is 9.98. The van der Waals surface area contributed by atoms with Gasteiger partial charge in [-0.15, -0.1) is 0 Å². The number of halogens is 2. The van der Waals surface area contributed by atoms with Crippen molar-refractivity contribution in [3.05, 3.63) is 94.0 Å². The molecule has 0 aromatic heterocycles. The lowest BCUT2D eigenvalue weighted by Crippen LogP contribution is -2.52. The van der Waals surface area contributed by atoms with E-state index in [0.717, 1.165) is 9.87 Å². The van der Waals surface area contributed by atoms with Crippen LogP contribution in [0.1, 0.15) is 38.3 Å². The molecular formula is C30H35Cl2N3O4S. The Labute approximate surface area is 247 Å². The van der Waals surface area contributed by atoms with Crippen molar-refractivity contribution in [3.8, 4) is 0 Å². The number of rotatable bonds is 12. The Bertz CT molecular complexity index is 1430. The minimum atomic E-state index is -4.17. The number of benzene rings is 3. The predicted octanol–water partition coefficient (Wildman–Crippen LogP) is 6.08. The molecule has 0 unspecified atom stereocenters. The fourth-order valence-electron chi connectivity index (χ4n) is 4.20. The smallest absolute Gasteiger partial charge is 0.264 e. The summed E-state index contributed by atoms with van der Waals surface area (Å²) in [6.45, 7) is 7.58. The van der Waals surface area contributed by atoms with Crippen molar-refractivity contribution in [3.63, 3.8) is 0 Å². The van der Waals surface area contributed by atoms with Crippen LogP contribution in [-0.2, 0) is 26.2 Å². The summed E-state index contributed by atoms with van der Waals surface area (Å²) in [7, 11) is -4.17. The van der Waals surface area contributed by atoms with Crippen molar-refractivity contribution in [2.45, 2.75) is 51.6 Å². The van der Waals surface area contributed by atoms with Gasteiger partial charge in [0.25, 0.3) is 10.0 Å². The maximum absolute atomic E-state index is 14.1. The highest BCUT2D eigenvalue weighted by Crippen LogP contribution is 2.27. The third kappa shape index (κ3) is 7.99. The van der Waals surface area contributed by atoms with Crippen LogP contribution < -0.4 is 9.62 Å². The van der Waals surface area contributed by atoms with Crippen molar-refractivity contribution in [2.24, 2.45) is 5.92 Å². The quantitative estimate of drug-likeness (QED) is 0.272. The molecule has 0 aliphatic carbocycles. The zero-order chi connectivity index (χ0) is 29.4. The molecule has 3 aromatic carbocycles. The molecule has 2 amide bonds. The minimum absolute atomic E-state index is 0.00872. The molecule has 0 saturated heterocycles. The van der Waals surface area contributed by atoms with E-state index in [4.69, 9.17) is 23.2 Å². The van der Waals surface area contributed by atoms with E-state index in [9.17, 15) is 18.0 Å². The van der Waals surface area contributed by atoms with E-state index < -0.39 is 28.5 Å². The summed E-state index contributed by atoms with van der Waals surface area (Å²) in [5.41, 5.74) is 1.81. The zero-order valence-corrected chi connectivity index (χ0v) is 25.4. The van der Waals surface area contributed by atoms with Gasteiger partial charge in [-0.25, -0.2) is 8.42 Å². The summed E-state index contributed by atoms with van der Waals surface area (Å²) in [6, 6.07) is 18.9. The lowest BCUT2D eigenvalue weighted by Gasteiger charge is -2.33. The number of nitrogens with one attached hydrogen (secondary N) is 1. The van der Waals surface area contributed by atoms with Crippen molar-refractivity contribution in [2.75, 3.05) is 17.4 Å². The number of aryl methyl sites for hydroxylation is 1. The summed E-state index contributed by atoms with van der Waals surface area (Å²) in [4.78, 5) is 28.8. The number of carbonyl (C=O) groups is 2. The molecule has 0 aliphatic heterocycles. The molecule has 0 fully saturated rings. The average Bonchev–Trinajstić information content (AvgIpc) is 2.91. The van der Waals surface area contributed by atoms with E-state index in [1.165, 1.54) is 29.2 Å². The maximum Gasteiger partial charge on any atom is 0.264 e. The van der Waals surface area contributed by atoms with E-state index in [-0.39, 0.29) is 23.3 Å². The molecule has 0 aliphatic rings. The van der Waals surface area contributed by atoms with E-state index in [2.05, 4.69) is 5.32 Å². The molecule has 0 saturated carbocycles. The molecule has 0 heterocycles. The van der Waals surface area contributed by atoms with Crippen LogP contribution in [0, 0.1) is 12.8 Å². The van der Waals surface area contributed by atoms with Gasteiger partial charge in [0.2, 0.25) is 11.8 Å². The largest absolute Gasteiger partial charge is 0.354 e. The molecule has 0 spiro atoms. The normalized spacial score (nSPS) is 12.2. The molecule has 1 N–H and O–H groups in total. The van der Waals surface area contributed by atoms with E-state index in [0.29, 0.717) is 34.3 Å². The highest BCUT2D eigenvalue weighted by atomic mass is 35.5. The number of hydrogen-bond donors (Lipinski definition) is 1. The van der Waals surface area contributed by atoms with Crippen LogP contribution in [-0.4, -0.2) is 44.3 Å². The van der Waals surface area contributed by atoms with Gasteiger partial charge in [0, 0.05) is 23.1 Å². The molecule has 3 aromatic rings. The van der Waals surface area contributed by atoms with Gasteiger partial charge in [-0.2, -0.15) is 0 Å². The Morgan fingerprint density at radius 3 is 2.23 bits per heavy atom. The lowest BCUT2D eigenvalue weighted by molar-refractivity contribution is -0.140. The second-order valence-corrected chi connectivity index (χ2v) is 12.7. The van der Waals surface area contributed by atoms with Gasteiger partial charge in [0.15, 0.2) is 0 Å². The van der Waals surface area contributed by atoms with Gasteiger partial charge in [-0.05, 0) is 72.9 Å². The molecule has 7 nitrogen and oxygen atoms in total. The fraction of sp³-hybridized carbons (Fsp3) is 0.333. The first-order valence-electron chi connectivity index (χ1n) is 13.1. The monoisotopic (exact) mass is 603 g/mol.